The molecule has 142 valence electrons. The number of rotatable bonds is 5. The molecule has 1 fully saturated rings. The molecular formula is C20H24N4O3. The lowest BCUT2D eigenvalue weighted by Gasteiger charge is -2.31. The fraction of sp³-hybridized carbons (Fsp3) is 0.400. The van der Waals surface area contributed by atoms with Crippen LogP contribution in [0.3, 0.4) is 0 Å². The largest absolute Gasteiger partial charge is 0.335 e. The molecule has 1 aromatic heterocycles. The fourth-order valence-corrected chi connectivity index (χ4v) is 3.34. The van der Waals surface area contributed by atoms with Gasteiger partial charge in [-0.25, -0.2) is 0 Å². The summed E-state index contributed by atoms with van der Waals surface area (Å²) in [6.45, 7) is 4.78. The number of aromatic amines is 1. The Balaban J connectivity index is 1.77. The molecule has 1 aliphatic heterocycles. The Morgan fingerprint density at radius 1 is 1.26 bits per heavy atom. The minimum Gasteiger partial charge on any atom is -0.335 e. The molecular weight excluding hydrogens is 344 g/mol. The molecule has 2 heterocycles. The van der Waals surface area contributed by atoms with Gasteiger partial charge in [-0.3, -0.25) is 19.5 Å². The first-order chi connectivity index (χ1) is 13.0. The Labute approximate surface area is 158 Å². The Morgan fingerprint density at radius 2 is 2.00 bits per heavy atom. The van der Waals surface area contributed by atoms with Gasteiger partial charge in [0.05, 0.1) is 0 Å². The van der Waals surface area contributed by atoms with Gasteiger partial charge in [-0.15, -0.1) is 0 Å². The highest BCUT2D eigenvalue weighted by molar-refractivity contribution is 5.97. The lowest BCUT2D eigenvalue weighted by atomic mass is 10.1. The molecule has 7 nitrogen and oxygen atoms in total. The second kappa shape index (κ2) is 8.16. The van der Waals surface area contributed by atoms with Crippen LogP contribution in [-0.4, -0.2) is 56.7 Å². The summed E-state index contributed by atoms with van der Waals surface area (Å²) in [5.74, 6) is -0.380. The van der Waals surface area contributed by atoms with E-state index in [1.54, 1.807) is 4.90 Å². The van der Waals surface area contributed by atoms with Crippen molar-refractivity contribution in [2.24, 2.45) is 0 Å². The Kier molecular flexibility index (Phi) is 5.69. The minimum absolute atomic E-state index is 0.0510. The summed E-state index contributed by atoms with van der Waals surface area (Å²) >= 11 is 0. The molecule has 7 heteroatoms. The number of Topliss-reactive ketones (excluding diaryl/α,β-unsaturated/α-hetero) is 1. The predicted octanol–water partition coefficient (Wildman–Crippen LogP) is 2.27. The van der Waals surface area contributed by atoms with E-state index < -0.39 is 0 Å². The zero-order valence-corrected chi connectivity index (χ0v) is 15.6. The average molecular weight is 368 g/mol. The molecule has 2 amide bonds. The summed E-state index contributed by atoms with van der Waals surface area (Å²) in [6, 6.07) is 11.3. The highest BCUT2D eigenvalue weighted by Gasteiger charge is 2.31. The summed E-state index contributed by atoms with van der Waals surface area (Å²) in [5, 5.41) is 6.52. The van der Waals surface area contributed by atoms with Crippen LogP contribution in [0.2, 0.25) is 0 Å². The second-order valence-electron chi connectivity index (χ2n) is 6.79. The van der Waals surface area contributed by atoms with Crippen molar-refractivity contribution in [2.75, 3.05) is 13.1 Å². The molecule has 3 rings (SSSR count). The number of ketones is 1. The summed E-state index contributed by atoms with van der Waals surface area (Å²) in [5.41, 5.74) is 1.59. The quantitative estimate of drug-likeness (QED) is 0.820. The average Bonchev–Trinajstić information content (AvgIpc) is 3.12. The maximum absolute atomic E-state index is 12.8. The van der Waals surface area contributed by atoms with Gasteiger partial charge in [0.15, 0.2) is 5.78 Å². The number of carbonyl (C=O) groups is 3. The van der Waals surface area contributed by atoms with Crippen molar-refractivity contribution < 1.29 is 14.4 Å². The summed E-state index contributed by atoms with van der Waals surface area (Å²) < 4.78 is 0. The first-order valence-corrected chi connectivity index (χ1v) is 9.18. The second-order valence-corrected chi connectivity index (χ2v) is 6.79. The smallest absolute Gasteiger partial charge is 0.271 e. The van der Waals surface area contributed by atoms with Crippen molar-refractivity contribution >= 4 is 17.6 Å². The Hall–Kier alpha value is -2.96. The Bertz CT molecular complexity index is 831. The highest BCUT2D eigenvalue weighted by Crippen LogP contribution is 2.19. The molecule has 0 spiro atoms. The van der Waals surface area contributed by atoms with Crippen LogP contribution < -0.4 is 0 Å². The number of carbonyl (C=O) groups excluding carboxylic acids is 3. The van der Waals surface area contributed by atoms with E-state index >= 15 is 0 Å². The van der Waals surface area contributed by atoms with Crippen LogP contribution in [0.25, 0.3) is 0 Å². The monoisotopic (exact) mass is 368 g/mol. The van der Waals surface area contributed by atoms with E-state index in [2.05, 4.69) is 10.2 Å². The van der Waals surface area contributed by atoms with Gasteiger partial charge >= 0.3 is 0 Å². The van der Waals surface area contributed by atoms with Crippen LogP contribution in [-0.2, 0) is 11.3 Å². The normalized spacial score (nSPS) is 17.7. The molecule has 2 aromatic rings. The zero-order chi connectivity index (χ0) is 19.4. The van der Waals surface area contributed by atoms with E-state index in [-0.39, 0.29) is 41.4 Å². The molecule has 0 bridgehead atoms. The van der Waals surface area contributed by atoms with Crippen molar-refractivity contribution in [3.63, 3.8) is 0 Å². The number of hydrogen-bond donors (Lipinski definition) is 1. The van der Waals surface area contributed by atoms with Crippen LogP contribution in [0.4, 0.5) is 0 Å². The summed E-state index contributed by atoms with van der Waals surface area (Å²) in [7, 11) is 0. The van der Waals surface area contributed by atoms with E-state index in [0.717, 1.165) is 12.0 Å². The van der Waals surface area contributed by atoms with Gasteiger partial charge in [-0.1, -0.05) is 37.3 Å². The first kappa shape index (κ1) is 18.8. The number of aromatic nitrogens is 2. The van der Waals surface area contributed by atoms with Gasteiger partial charge in [0.25, 0.3) is 5.91 Å². The molecule has 0 unspecified atom stereocenters. The van der Waals surface area contributed by atoms with Crippen molar-refractivity contribution in [3.05, 3.63) is 53.3 Å². The van der Waals surface area contributed by atoms with Crippen LogP contribution in [0, 0.1) is 0 Å². The molecule has 1 saturated heterocycles. The summed E-state index contributed by atoms with van der Waals surface area (Å²) in [6.07, 6.45) is 1.03. The van der Waals surface area contributed by atoms with Gasteiger partial charge in [-0.05, 0) is 18.1 Å². The Morgan fingerprint density at radius 3 is 2.63 bits per heavy atom. The molecule has 0 saturated carbocycles. The molecule has 1 atom stereocenters. The third-order valence-electron chi connectivity index (χ3n) is 4.91. The predicted molar refractivity (Wildman–Crippen MR) is 100 cm³/mol. The zero-order valence-electron chi connectivity index (χ0n) is 15.6. The van der Waals surface area contributed by atoms with Gasteiger partial charge in [0.2, 0.25) is 5.91 Å². The fourth-order valence-electron chi connectivity index (χ4n) is 3.34. The van der Waals surface area contributed by atoms with E-state index in [1.807, 2.05) is 42.2 Å². The SMILES string of the molecule is CC[C@@H]1CN(C(=O)c2cc(C(C)=O)n[nH]2)CCC(=O)N1Cc1ccccc1. The van der Waals surface area contributed by atoms with E-state index in [4.69, 9.17) is 0 Å². The van der Waals surface area contributed by atoms with Gasteiger partial charge in [0.1, 0.15) is 11.4 Å². The van der Waals surface area contributed by atoms with E-state index in [0.29, 0.717) is 19.6 Å². The molecule has 1 aliphatic rings. The first-order valence-electron chi connectivity index (χ1n) is 9.18. The topological polar surface area (TPSA) is 86.4 Å². The summed E-state index contributed by atoms with van der Waals surface area (Å²) in [4.78, 5) is 40.5. The lowest BCUT2D eigenvalue weighted by Crippen LogP contribution is -2.43. The van der Waals surface area contributed by atoms with E-state index in [9.17, 15) is 14.4 Å². The number of nitrogens with one attached hydrogen (secondary N) is 1. The highest BCUT2D eigenvalue weighted by atomic mass is 16.2. The number of amides is 2. The van der Waals surface area contributed by atoms with Crippen molar-refractivity contribution in [2.45, 2.75) is 39.3 Å². The van der Waals surface area contributed by atoms with E-state index in [1.165, 1.54) is 13.0 Å². The third kappa shape index (κ3) is 4.24. The maximum Gasteiger partial charge on any atom is 0.271 e. The number of benzene rings is 1. The third-order valence-corrected chi connectivity index (χ3v) is 4.91. The minimum atomic E-state index is -0.234. The molecule has 1 N–H and O–H groups in total. The van der Waals surface area contributed by atoms with Gasteiger partial charge in [0, 0.05) is 39.0 Å². The van der Waals surface area contributed by atoms with Crippen molar-refractivity contribution in [1.82, 2.24) is 20.0 Å². The van der Waals surface area contributed by atoms with Crippen LogP contribution in [0.15, 0.2) is 36.4 Å². The number of hydrogen-bond acceptors (Lipinski definition) is 4. The molecule has 1 aromatic carbocycles. The maximum atomic E-state index is 12.8. The van der Waals surface area contributed by atoms with Crippen LogP contribution >= 0.6 is 0 Å². The van der Waals surface area contributed by atoms with Crippen LogP contribution in [0.5, 0.6) is 0 Å². The molecule has 0 radical (unpaired) electrons. The molecule has 27 heavy (non-hydrogen) atoms. The van der Waals surface area contributed by atoms with Crippen molar-refractivity contribution in [1.29, 1.82) is 0 Å². The standard InChI is InChI=1S/C20H24N4O3/c1-3-16-13-23(20(27)18-11-17(14(2)25)21-22-18)10-9-19(26)24(16)12-15-7-5-4-6-8-15/h4-8,11,16H,3,9-10,12-13H2,1-2H3,(H,21,22)/t16-/m1/s1. The van der Waals surface area contributed by atoms with Crippen molar-refractivity contribution in [3.8, 4) is 0 Å². The van der Waals surface area contributed by atoms with Crippen LogP contribution in [0.1, 0.15) is 53.2 Å². The van der Waals surface area contributed by atoms with Gasteiger partial charge < -0.3 is 9.80 Å². The molecule has 0 aliphatic carbocycles. The van der Waals surface area contributed by atoms with Gasteiger partial charge in [-0.2, -0.15) is 5.10 Å². The number of nitrogens with zero attached hydrogens (tertiary/aromatic N) is 3. The number of H-pyrrole nitrogens is 1. The lowest BCUT2D eigenvalue weighted by molar-refractivity contribution is -0.133.